The molecule has 4 rings (SSSR count). The van der Waals surface area contributed by atoms with Gasteiger partial charge in [0.15, 0.2) is 0 Å². The van der Waals surface area contributed by atoms with E-state index in [0.29, 0.717) is 25.9 Å². The van der Waals surface area contributed by atoms with Crippen LogP contribution >= 0.6 is 0 Å². The summed E-state index contributed by atoms with van der Waals surface area (Å²) in [7, 11) is 1.38. The van der Waals surface area contributed by atoms with Crippen molar-refractivity contribution in [3.63, 3.8) is 0 Å². The number of nitrogens with one attached hydrogen (secondary N) is 1. The molecule has 3 amide bonds. The summed E-state index contributed by atoms with van der Waals surface area (Å²) in [6.07, 6.45) is 2.23. The first-order valence-electron chi connectivity index (χ1n) is 12.0. The molecule has 0 atom stereocenters. The van der Waals surface area contributed by atoms with Gasteiger partial charge in [0.2, 0.25) is 0 Å². The molecule has 1 saturated heterocycles. The van der Waals surface area contributed by atoms with Crippen LogP contribution in [0.2, 0.25) is 0 Å². The maximum Gasteiger partial charge on any atom is 0.408 e. The second-order valence-electron chi connectivity index (χ2n) is 10.1. The lowest BCUT2D eigenvalue weighted by Gasteiger charge is -2.24. The summed E-state index contributed by atoms with van der Waals surface area (Å²) in [6, 6.07) is 15.5. The normalized spacial score (nSPS) is 16.7. The number of hydrogen-bond acceptors (Lipinski definition) is 5. The van der Waals surface area contributed by atoms with Gasteiger partial charge in [-0.1, -0.05) is 24.3 Å². The number of esters is 1. The SMILES string of the molecule is COC(=O)CCc1ccc(N2CCN(c3ccc(C4(NC(=O)OC(C)(C)C)CC4)cc3)C2=O)cc1. The summed E-state index contributed by atoms with van der Waals surface area (Å²) < 4.78 is 10.1. The topological polar surface area (TPSA) is 88.2 Å². The third kappa shape index (κ3) is 5.75. The minimum Gasteiger partial charge on any atom is -0.469 e. The smallest absolute Gasteiger partial charge is 0.408 e. The number of ether oxygens (including phenoxy) is 2. The molecule has 0 unspecified atom stereocenters. The van der Waals surface area contributed by atoms with Crippen LogP contribution in [0, 0.1) is 0 Å². The van der Waals surface area contributed by atoms with Gasteiger partial charge in [0.1, 0.15) is 5.60 Å². The van der Waals surface area contributed by atoms with Crippen LogP contribution in [0.3, 0.4) is 0 Å². The Morgan fingerprint density at radius 3 is 1.97 bits per heavy atom. The van der Waals surface area contributed by atoms with Crippen molar-refractivity contribution in [2.75, 3.05) is 30.0 Å². The average molecular weight is 480 g/mol. The minimum absolute atomic E-state index is 0.0759. The quantitative estimate of drug-likeness (QED) is 0.579. The second-order valence-corrected chi connectivity index (χ2v) is 10.1. The van der Waals surface area contributed by atoms with Crippen LogP contribution in [0.4, 0.5) is 21.0 Å². The zero-order chi connectivity index (χ0) is 25.2. The highest BCUT2D eigenvalue weighted by Crippen LogP contribution is 2.46. The van der Waals surface area contributed by atoms with Crippen LogP contribution in [-0.4, -0.2) is 43.9 Å². The molecule has 2 aromatic carbocycles. The average Bonchev–Trinajstić information content (AvgIpc) is 3.49. The molecule has 2 aromatic rings. The molecule has 1 heterocycles. The van der Waals surface area contributed by atoms with Crippen molar-refractivity contribution in [2.45, 2.75) is 57.6 Å². The third-order valence-corrected chi connectivity index (χ3v) is 6.32. The second kappa shape index (κ2) is 9.60. The van der Waals surface area contributed by atoms with Crippen LogP contribution in [-0.2, 0) is 26.2 Å². The Labute approximate surface area is 206 Å². The zero-order valence-corrected chi connectivity index (χ0v) is 20.8. The number of benzene rings is 2. The van der Waals surface area contributed by atoms with E-state index in [0.717, 1.165) is 35.3 Å². The highest BCUT2D eigenvalue weighted by atomic mass is 16.6. The number of hydrogen-bond donors (Lipinski definition) is 1. The summed E-state index contributed by atoms with van der Waals surface area (Å²) in [5.74, 6) is -0.237. The molecule has 0 radical (unpaired) electrons. The lowest BCUT2D eigenvalue weighted by atomic mass is 10.0. The van der Waals surface area contributed by atoms with Gasteiger partial charge in [0.05, 0.1) is 12.6 Å². The third-order valence-electron chi connectivity index (χ3n) is 6.32. The monoisotopic (exact) mass is 479 g/mol. The molecule has 0 aromatic heterocycles. The standard InChI is InChI=1S/C27H33N3O5/c1-26(2,3)35-24(32)28-27(15-16-27)20-8-12-22(13-9-20)30-18-17-29(25(30)33)21-10-5-19(6-11-21)7-14-23(31)34-4/h5-6,8-13H,7,14-18H2,1-4H3,(H,28,32). The minimum atomic E-state index is -0.546. The largest absolute Gasteiger partial charge is 0.469 e. The number of nitrogens with zero attached hydrogens (tertiary/aromatic N) is 2. The lowest BCUT2D eigenvalue weighted by Crippen LogP contribution is -2.39. The van der Waals surface area contributed by atoms with Crippen molar-refractivity contribution in [2.24, 2.45) is 0 Å². The maximum absolute atomic E-state index is 13.1. The Morgan fingerprint density at radius 2 is 1.49 bits per heavy atom. The van der Waals surface area contributed by atoms with Gasteiger partial charge in [-0.3, -0.25) is 14.6 Å². The Kier molecular flexibility index (Phi) is 6.74. The fraction of sp³-hybridized carbons (Fsp3) is 0.444. The first-order valence-corrected chi connectivity index (χ1v) is 12.0. The van der Waals surface area contributed by atoms with Gasteiger partial charge in [0.25, 0.3) is 0 Å². The summed E-state index contributed by atoms with van der Waals surface area (Å²) in [5, 5.41) is 3.01. The Balaban J connectivity index is 1.38. The van der Waals surface area contributed by atoms with Gasteiger partial charge in [-0.2, -0.15) is 0 Å². The molecule has 8 nitrogen and oxygen atoms in total. The van der Waals surface area contributed by atoms with E-state index in [1.165, 1.54) is 7.11 Å². The number of urea groups is 1. The van der Waals surface area contributed by atoms with Crippen LogP contribution < -0.4 is 15.1 Å². The fourth-order valence-corrected chi connectivity index (χ4v) is 4.28. The number of rotatable bonds is 7. The van der Waals surface area contributed by atoms with Crippen molar-refractivity contribution in [3.8, 4) is 0 Å². The van der Waals surface area contributed by atoms with Crippen molar-refractivity contribution < 1.29 is 23.9 Å². The van der Waals surface area contributed by atoms with E-state index in [9.17, 15) is 14.4 Å². The van der Waals surface area contributed by atoms with Gasteiger partial charge in [-0.15, -0.1) is 0 Å². The van der Waals surface area contributed by atoms with Gasteiger partial charge in [-0.05, 0) is 75.4 Å². The number of methoxy groups -OCH3 is 1. The molecule has 2 aliphatic rings. The van der Waals surface area contributed by atoms with Crippen molar-refractivity contribution in [1.82, 2.24) is 5.32 Å². The number of alkyl carbamates (subject to hydrolysis) is 1. The summed E-state index contributed by atoms with van der Waals surface area (Å²) >= 11 is 0. The molecule has 1 N–H and O–H groups in total. The maximum atomic E-state index is 13.1. The van der Waals surface area contributed by atoms with Crippen LogP contribution in [0.15, 0.2) is 48.5 Å². The molecule has 8 heteroatoms. The van der Waals surface area contributed by atoms with E-state index in [-0.39, 0.29) is 12.0 Å². The Morgan fingerprint density at radius 1 is 0.943 bits per heavy atom. The van der Waals surface area contributed by atoms with Gasteiger partial charge in [-0.25, -0.2) is 9.59 Å². The highest BCUT2D eigenvalue weighted by molar-refractivity contribution is 6.06. The van der Waals surface area contributed by atoms with E-state index >= 15 is 0 Å². The number of carbonyl (C=O) groups is 3. The number of amides is 3. The summed E-state index contributed by atoms with van der Waals surface area (Å²) in [5.41, 5.74) is 2.75. The Hall–Kier alpha value is -3.55. The van der Waals surface area contributed by atoms with Crippen LogP contribution in [0.1, 0.15) is 51.2 Å². The first kappa shape index (κ1) is 24.6. The molecular formula is C27H33N3O5. The van der Waals surface area contributed by atoms with E-state index < -0.39 is 17.2 Å². The number of carbonyl (C=O) groups excluding carboxylic acids is 3. The lowest BCUT2D eigenvalue weighted by molar-refractivity contribution is -0.140. The van der Waals surface area contributed by atoms with Gasteiger partial charge in [0, 0.05) is 30.9 Å². The predicted molar refractivity (Wildman–Crippen MR) is 134 cm³/mol. The van der Waals surface area contributed by atoms with Gasteiger partial charge >= 0.3 is 18.1 Å². The van der Waals surface area contributed by atoms with Crippen LogP contribution in [0.25, 0.3) is 0 Å². The predicted octanol–water partition coefficient (Wildman–Crippen LogP) is 4.75. The van der Waals surface area contributed by atoms with Crippen molar-refractivity contribution >= 4 is 29.5 Å². The van der Waals surface area contributed by atoms with Crippen molar-refractivity contribution in [1.29, 1.82) is 0 Å². The number of anilines is 2. The van der Waals surface area contributed by atoms with E-state index in [4.69, 9.17) is 4.74 Å². The molecular weight excluding hydrogens is 446 g/mol. The Bertz CT molecular complexity index is 1090. The molecule has 1 aliphatic heterocycles. The first-order chi connectivity index (χ1) is 16.6. The van der Waals surface area contributed by atoms with E-state index in [1.54, 1.807) is 9.80 Å². The van der Waals surface area contributed by atoms with Crippen LogP contribution in [0.5, 0.6) is 0 Å². The number of aryl methyl sites for hydroxylation is 1. The molecule has 186 valence electrons. The molecule has 2 fully saturated rings. The van der Waals surface area contributed by atoms with E-state index in [1.807, 2.05) is 69.3 Å². The summed E-state index contributed by atoms with van der Waals surface area (Å²) in [4.78, 5) is 40.3. The summed E-state index contributed by atoms with van der Waals surface area (Å²) in [6.45, 7) is 6.71. The molecule has 0 bridgehead atoms. The fourth-order valence-electron chi connectivity index (χ4n) is 4.28. The highest BCUT2D eigenvalue weighted by Gasteiger charge is 2.46. The van der Waals surface area contributed by atoms with Gasteiger partial charge < -0.3 is 14.8 Å². The van der Waals surface area contributed by atoms with Crippen molar-refractivity contribution in [3.05, 3.63) is 59.7 Å². The molecule has 0 spiro atoms. The molecule has 1 saturated carbocycles. The molecule has 35 heavy (non-hydrogen) atoms. The zero-order valence-electron chi connectivity index (χ0n) is 20.8. The van der Waals surface area contributed by atoms with E-state index in [2.05, 4.69) is 10.1 Å². The molecule has 1 aliphatic carbocycles.